The van der Waals surface area contributed by atoms with E-state index in [0.29, 0.717) is 17.5 Å². The molecule has 2 aromatic carbocycles. The van der Waals surface area contributed by atoms with E-state index in [1.807, 2.05) is 37.3 Å². The van der Waals surface area contributed by atoms with Crippen LogP contribution in [0.3, 0.4) is 0 Å². The second-order valence-electron chi connectivity index (χ2n) is 4.49. The molecule has 4 heteroatoms. The van der Waals surface area contributed by atoms with Gasteiger partial charge >= 0.3 is 7.12 Å². The van der Waals surface area contributed by atoms with Crippen LogP contribution in [0.1, 0.15) is 18.9 Å². The molecule has 0 amide bonds. The van der Waals surface area contributed by atoms with Gasteiger partial charge in [-0.05, 0) is 23.1 Å². The van der Waals surface area contributed by atoms with E-state index in [2.05, 4.69) is 0 Å². The molecule has 2 nitrogen and oxygen atoms in total. The van der Waals surface area contributed by atoms with Gasteiger partial charge < -0.3 is 10.0 Å². The highest BCUT2D eigenvalue weighted by atomic mass is 19.1. The van der Waals surface area contributed by atoms with Gasteiger partial charge in [0.25, 0.3) is 0 Å². The highest BCUT2D eigenvalue weighted by Crippen LogP contribution is 2.21. The van der Waals surface area contributed by atoms with Gasteiger partial charge in [-0.3, -0.25) is 0 Å². The lowest BCUT2D eigenvalue weighted by Crippen LogP contribution is -2.35. The van der Waals surface area contributed by atoms with E-state index < -0.39 is 12.9 Å². The fourth-order valence-corrected chi connectivity index (χ4v) is 2.22. The SMILES string of the molecule is CCCc1ccc(-c2ccccc2)c(B(O)O)c1F. The van der Waals surface area contributed by atoms with Crippen LogP contribution in [-0.2, 0) is 6.42 Å². The Hall–Kier alpha value is -1.65. The smallest absolute Gasteiger partial charge is 0.423 e. The minimum Gasteiger partial charge on any atom is -0.423 e. The standard InChI is InChI=1S/C15H16BFO2/c1-2-6-12-9-10-13(11-7-4-3-5-8-11)14(15(12)17)16(18)19/h3-5,7-10,18-19H,2,6H2,1H3. The van der Waals surface area contributed by atoms with Crippen molar-refractivity contribution in [2.75, 3.05) is 0 Å². The van der Waals surface area contributed by atoms with Crippen molar-refractivity contribution in [2.45, 2.75) is 19.8 Å². The largest absolute Gasteiger partial charge is 0.492 e. The molecule has 19 heavy (non-hydrogen) atoms. The zero-order chi connectivity index (χ0) is 13.8. The first kappa shape index (κ1) is 13.8. The van der Waals surface area contributed by atoms with Gasteiger partial charge in [0.05, 0.1) is 0 Å². The van der Waals surface area contributed by atoms with Crippen molar-refractivity contribution in [3.63, 3.8) is 0 Å². The maximum atomic E-state index is 14.3. The highest BCUT2D eigenvalue weighted by molar-refractivity contribution is 6.60. The molecule has 0 spiro atoms. The van der Waals surface area contributed by atoms with Crippen LogP contribution in [0, 0.1) is 5.82 Å². The van der Waals surface area contributed by atoms with E-state index in [1.54, 1.807) is 12.1 Å². The predicted octanol–water partition coefficient (Wildman–Crippen LogP) is 2.12. The summed E-state index contributed by atoms with van der Waals surface area (Å²) in [5.74, 6) is -0.516. The van der Waals surface area contributed by atoms with Gasteiger partial charge in [-0.2, -0.15) is 0 Å². The summed E-state index contributed by atoms with van der Waals surface area (Å²) in [6, 6.07) is 12.6. The van der Waals surface area contributed by atoms with Crippen LogP contribution in [0.15, 0.2) is 42.5 Å². The Labute approximate surface area is 112 Å². The number of benzene rings is 2. The van der Waals surface area contributed by atoms with Crippen LogP contribution in [-0.4, -0.2) is 17.2 Å². The predicted molar refractivity (Wildman–Crippen MR) is 75.7 cm³/mol. The van der Waals surface area contributed by atoms with Gasteiger partial charge in [0.2, 0.25) is 0 Å². The van der Waals surface area contributed by atoms with Gasteiger partial charge in [-0.1, -0.05) is 55.8 Å². The summed E-state index contributed by atoms with van der Waals surface area (Å²) >= 11 is 0. The lowest BCUT2D eigenvalue weighted by molar-refractivity contribution is 0.423. The van der Waals surface area contributed by atoms with Crippen LogP contribution in [0.5, 0.6) is 0 Å². The minimum atomic E-state index is -1.81. The summed E-state index contributed by atoms with van der Waals surface area (Å²) in [5.41, 5.74) is 1.77. The Kier molecular flexibility index (Phi) is 4.35. The van der Waals surface area contributed by atoms with Crippen LogP contribution >= 0.6 is 0 Å². The third kappa shape index (κ3) is 2.86. The molecule has 0 saturated carbocycles. The van der Waals surface area contributed by atoms with E-state index in [4.69, 9.17) is 0 Å². The average Bonchev–Trinajstić information content (AvgIpc) is 2.41. The number of hydrogen-bond acceptors (Lipinski definition) is 2. The molecule has 0 aliphatic heterocycles. The molecular formula is C15H16BFO2. The molecule has 0 saturated heterocycles. The van der Waals surface area contributed by atoms with Gasteiger partial charge in [-0.25, -0.2) is 4.39 Å². The molecule has 0 bridgehead atoms. The fourth-order valence-electron chi connectivity index (χ4n) is 2.22. The van der Waals surface area contributed by atoms with Crippen LogP contribution in [0.2, 0.25) is 0 Å². The zero-order valence-corrected chi connectivity index (χ0v) is 10.8. The molecule has 0 aliphatic carbocycles. The van der Waals surface area contributed by atoms with Crippen LogP contribution in [0.4, 0.5) is 4.39 Å². The number of hydrogen-bond donors (Lipinski definition) is 2. The Morgan fingerprint density at radius 2 is 1.74 bits per heavy atom. The first-order chi connectivity index (χ1) is 9.15. The molecule has 0 atom stereocenters. The quantitative estimate of drug-likeness (QED) is 0.825. The van der Waals surface area contributed by atoms with E-state index in [1.165, 1.54) is 0 Å². The monoisotopic (exact) mass is 258 g/mol. The second kappa shape index (κ2) is 6.00. The van der Waals surface area contributed by atoms with Crippen molar-refractivity contribution in [2.24, 2.45) is 0 Å². The van der Waals surface area contributed by atoms with Crippen molar-refractivity contribution in [3.05, 3.63) is 53.8 Å². The molecule has 0 radical (unpaired) electrons. The summed E-state index contributed by atoms with van der Waals surface area (Å²) in [6.07, 6.45) is 1.39. The van der Waals surface area contributed by atoms with Crippen molar-refractivity contribution in [1.29, 1.82) is 0 Å². The summed E-state index contributed by atoms with van der Waals surface area (Å²) in [6.45, 7) is 1.96. The topological polar surface area (TPSA) is 40.5 Å². The highest BCUT2D eigenvalue weighted by Gasteiger charge is 2.23. The molecule has 2 aromatic rings. The summed E-state index contributed by atoms with van der Waals surface area (Å²) < 4.78 is 14.3. The molecule has 0 heterocycles. The van der Waals surface area contributed by atoms with E-state index in [9.17, 15) is 14.4 Å². The van der Waals surface area contributed by atoms with Crippen molar-refractivity contribution in [1.82, 2.24) is 0 Å². The van der Waals surface area contributed by atoms with Crippen molar-refractivity contribution >= 4 is 12.6 Å². The molecule has 0 aliphatic rings. The van der Waals surface area contributed by atoms with Gasteiger partial charge in [-0.15, -0.1) is 0 Å². The van der Waals surface area contributed by atoms with Crippen LogP contribution in [0.25, 0.3) is 11.1 Å². The van der Waals surface area contributed by atoms with Crippen molar-refractivity contribution < 1.29 is 14.4 Å². The van der Waals surface area contributed by atoms with Gasteiger partial charge in [0, 0.05) is 5.46 Å². The minimum absolute atomic E-state index is 0.0443. The van der Waals surface area contributed by atoms with E-state index in [0.717, 1.165) is 12.0 Å². The zero-order valence-electron chi connectivity index (χ0n) is 10.8. The maximum Gasteiger partial charge on any atom is 0.492 e. The lowest BCUT2D eigenvalue weighted by atomic mass is 9.74. The lowest BCUT2D eigenvalue weighted by Gasteiger charge is -2.13. The third-order valence-electron chi connectivity index (χ3n) is 3.12. The summed E-state index contributed by atoms with van der Waals surface area (Å²) in [4.78, 5) is 0. The summed E-state index contributed by atoms with van der Waals surface area (Å²) in [5, 5.41) is 18.9. The Bertz CT molecular complexity index is 556. The molecule has 98 valence electrons. The van der Waals surface area contributed by atoms with Gasteiger partial charge in [0.1, 0.15) is 5.82 Å². The molecular weight excluding hydrogens is 242 g/mol. The fraction of sp³-hybridized carbons (Fsp3) is 0.200. The molecule has 0 aromatic heterocycles. The Balaban J connectivity index is 2.59. The Morgan fingerprint density at radius 1 is 1.05 bits per heavy atom. The first-order valence-corrected chi connectivity index (χ1v) is 6.38. The molecule has 0 fully saturated rings. The van der Waals surface area contributed by atoms with Crippen molar-refractivity contribution in [3.8, 4) is 11.1 Å². The van der Waals surface area contributed by atoms with Gasteiger partial charge in [0.15, 0.2) is 0 Å². The second-order valence-corrected chi connectivity index (χ2v) is 4.49. The summed E-state index contributed by atoms with van der Waals surface area (Å²) in [7, 11) is -1.81. The Morgan fingerprint density at radius 3 is 2.32 bits per heavy atom. The number of halogens is 1. The first-order valence-electron chi connectivity index (χ1n) is 6.38. The van der Waals surface area contributed by atoms with Crippen LogP contribution < -0.4 is 5.46 Å². The average molecular weight is 258 g/mol. The number of rotatable bonds is 4. The molecule has 2 rings (SSSR count). The van der Waals surface area contributed by atoms with E-state index >= 15 is 0 Å². The van der Waals surface area contributed by atoms with E-state index in [-0.39, 0.29) is 5.46 Å². The third-order valence-corrected chi connectivity index (χ3v) is 3.12. The maximum absolute atomic E-state index is 14.3. The normalized spacial score (nSPS) is 10.5. The molecule has 2 N–H and O–H groups in total. The molecule has 0 unspecified atom stereocenters. The number of aryl methyl sites for hydroxylation is 1.